The van der Waals surface area contributed by atoms with Crippen LogP contribution in [-0.4, -0.2) is 38.0 Å². The van der Waals surface area contributed by atoms with E-state index in [1.165, 1.54) is 11.1 Å². The Morgan fingerprint density at radius 1 is 1.16 bits per heavy atom. The van der Waals surface area contributed by atoms with Crippen molar-refractivity contribution < 1.29 is 9.53 Å². The van der Waals surface area contributed by atoms with Gasteiger partial charge in [0.25, 0.3) is 0 Å². The molecule has 2 aromatic carbocycles. The van der Waals surface area contributed by atoms with Crippen LogP contribution in [0.3, 0.4) is 0 Å². The zero-order valence-electron chi connectivity index (χ0n) is 15.1. The van der Waals surface area contributed by atoms with E-state index in [4.69, 9.17) is 4.74 Å². The van der Waals surface area contributed by atoms with E-state index < -0.39 is 0 Å². The van der Waals surface area contributed by atoms with E-state index in [2.05, 4.69) is 24.4 Å². The highest BCUT2D eigenvalue weighted by Crippen LogP contribution is 2.17. The third-order valence-electron chi connectivity index (χ3n) is 4.03. The predicted octanol–water partition coefficient (Wildman–Crippen LogP) is 3.22. The van der Waals surface area contributed by atoms with Crippen LogP contribution in [0.4, 0.5) is 0 Å². The number of carbonyl (C=O) groups is 1. The van der Waals surface area contributed by atoms with Crippen LogP contribution in [0.1, 0.15) is 16.7 Å². The Morgan fingerprint density at radius 3 is 2.64 bits per heavy atom. The van der Waals surface area contributed by atoms with Gasteiger partial charge >= 0.3 is 0 Å². The second-order valence-electron chi connectivity index (χ2n) is 5.96. The minimum atomic E-state index is 0. The van der Waals surface area contributed by atoms with Crippen molar-refractivity contribution in [3.05, 3.63) is 65.2 Å². The Kier molecular flexibility index (Phi) is 9.03. The first-order chi connectivity index (χ1) is 11.6. The summed E-state index contributed by atoms with van der Waals surface area (Å²) >= 11 is 0. The Morgan fingerprint density at radius 2 is 1.92 bits per heavy atom. The number of likely N-dealkylation sites (N-methyl/N-ethyl adjacent to an activating group) is 2. The Balaban J connectivity index is 0.00000312. The van der Waals surface area contributed by atoms with Gasteiger partial charge in [0.05, 0.1) is 6.42 Å². The number of nitrogens with zero attached hydrogens (tertiary/aromatic N) is 1. The molecule has 0 fully saturated rings. The van der Waals surface area contributed by atoms with E-state index in [0.29, 0.717) is 19.6 Å². The summed E-state index contributed by atoms with van der Waals surface area (Å²) in [5.74, 6) is 0.905. The van der Waals surface area contributed by atoms with Gasteiger partial charge in [-0.05, 0) is 42.8 Å². The highest BCUT2D eigenvalue weighted by molar-refractivity contribution is 5.85. The number of ether oxygens (including phenoxy) is 1. The maximum absolute atomic E-state index is 12.2. The molecule has 0 spiro atoms. The summed E-state index contributed by atoms with van der Waals surface area (Å²) in [7, 11) is 3.71. The number of rotatable bonds is 8. The van der Waals surface area contributed by atoms with Crippen LogP contribution in [-0.2, 0) is 17.8 Å². The first kappa shape index (κ1) is 21.0. The molecule has 0 heterocycles. The molecule has 0 saturated heterocycles. The average Bonchev–Trinajstić information content (AvgIpc) is 2.59. The van der Waals surface area contributed by atoms with Crippen LogP contribution >= 0.6 is 12.4 Å². The zero-order valence-corrected chi connectivity index (χ0v) is 15.9. The fraction of sp³-hybridized carbons (Fsp3) is 0.350. The normalized spacial score (nSPS) is 10.0. The van der Waals surface area contributed by atoms with Gasteiger partial charge in [0.2, 0.25) is 5.91 Å². The summed E-state index contributed by atoms with van der Waals surface area (Å²) in [5.41, 5.74) is 3.36. The van der Waals surface area contributed by atoms with Gasteiger partial charge in [-0.1, -0.05) is 36.4 Å². The van der Waals surface area contributed by atoms with Gasteiger partial charge in [0.1, 0.15) is 12.4 Å². The molecule has 0 atom stereocenters. The van der Waals surface area contributed by atoms with E-state index in [0.717, 1.165) is 17.9 Å². The van der Waals surface area contributed by atoms with Crippen molar-refractivity contribution in [1.29, 1.82) is 0 Å². The molecule has 1 N–H and O–H groups in total. The fourth-order valence-electron chi connectivity index (χ4n) is 2.39. The monoisotopic (exact) mass is 362 g/mol. The second kappa shape index (κ2) is 10.7. The SMILES string of the molecule is CNCCN(C)C(=O)Cc1cccc(OCc2ccccc2C)c1.Cl. The number of aryl methyl sites for hydroxylation is 1. The molecule has 25 heavy (non-hydrogen) atoms. The molecular formula is C20H27ClN2O2. The lowest BCUT2D eigenvalue weighted by atomic mass is 10.1. The van der Waals surface area contributed by atoms with Crippen LogP contribution in [0.2, 0.25) is 0 Å². The van der Waals surface area contributed by atoms with Gasteiger partial charge in [0.15, 0.2) is 0 Å². The summed E-state index contributed by atoms with van der Waals surface area (Å²) in [4.78, 5) is 14.0. The third-order valence-corrected chi connectivity index (χ3v) is 4.03. The van der Waals surface area contributed by atoms with Crippen molar-refractivity contribution in [2.24, 2.45) is 0 Å². The van der Waals surface area contributed by atoms with Gasteiger partial charge in [-0.15, -0.1) is 12.4 Å². The zero-order chi connectivity index (χ0) is 17.4. The topological polar surface area (TPSA) is 41.6 Å². The van der Waals surface area contributed by atoms with Crippen LogP contribution in [0.15, 0.2) is 48.5 Å². The smallest absolute Gasteiger partial charge is 0.226 e. The number of hydrogen-bond acceptors (Lipinski definition) is 3. The Labute approximate surface area is 156 Å². The van der Waals surface area contributed by atoms with Crippen molar-refractivity contribution in [1.82, 2.24) is 10.2 Å². The van der Waals surface area contributed by atoms with Crippen molar-refractivity contribution in [2.75, 3.05) is 27.2 Å². The van der Waals surface area contributed by atoms with Crippen LogP contribution in [0.25, 0.3) is 0 Å². The minimum Gasteiger partial charge on any atom is -0.489 e. The summed E-state index contributed by atoms with van der Waals surface area (Å²) < 4.78 is 5.89. The number of halogens is 1. The fourth-order valence-corrected chi connectivity index (χ4v) is 2.39. The highest BCUT2D eigenvalue weighted by atomic mass is 35.5. The van der Waals surface area contributed by atoms with E-state index >= 15 is 0 Å². The Hall–Kier alpha value is -2.04. The lowest BCUT2D eigenvalue weighted by Gasteiger charge is -2.17. The molecule has 0 aromatic heterocycles. The molecule has 2 rings (SSSR count). The highest BCUT2D eigenvalue weighted by Gasteiger charge is 2.09. The van der Waals surface area contributed by atoms with E-state index in [9.17, 15) is 4.79 Å². The van der Waals surface area contributed by atoms with Crippen LogP contribution in [0.5, 0.6) is 5.75 Å². The molecule has 4 nitrogen and oxygen atoms in total. The molecule has 2 aromatic rings. The Bertz CT molecular complexity index is 676. The van der Waals surface area contributed by atoms with Gasteiger partial charge in [-0.3, -0.25) is 4.79 Å². The maximum Gasteiger partial charge on any atom is 0.226 e. The van der Waals surface area contributed by atoms with E-state index in [-0.39, 0.29) is 18.3 Å². The van der Waals surface area contributed by atoms with Crippen molar-refractivity contribution in [3.63, 3.8) is 0 Å². The number of carbonyl (C=O) groups excluding carboxylic acids is 1. The maximum atomic E-state index is 12.2. The van der Waals surface area contributed by atoms with E-state index in [1.807, 2.05) is 50.5 Å². The van der Waals surface area contributed by atoms with E-state index in [1.54, 1.807) is 4.90 Å². The summed E-state index contributed by atoms with van der Waals surface area (Å²) in [5, 5.41) is 3.05. The molecule has 0 bridgehead atoms. The molecule has 0 radical (unpaired) electrons. The van der Waals surface area contributed by atoms with Gasteiger partial charge in [-0.25, -0.2) is 0 Å². The number of hydrogen-bond donors (Lipinski definition) is 1. The van der Waals surface area contributed by atoms with Crippen LogP contribution < -0.4 is 10.1 Å². The molecule has 136 valence electrons. The number of nitrogens with one attached hydrogen (secondary N) is 1. The van der Waals surface area contributed by atoms with Gasteiger partial charge in [-0.2, -0.15) is 0 Å². The number of benzene rings is 2. The molecule has 1 amide bonds. The van der Waals surface area contributed by atoms with Gasteiger partial charge in [0, 0.05) is 20.1 Å². The second-order valence-corrected chi connectivity index (χ2v) is 5.96. The lowest BCUT2D eigenvalue weighted by Crippen LogP contribution is -2.33. The molecule has 0 saturated carbocycles. The van der Waals surface area contributed by atoms with Crippen LogP contribution in [0, 0.1) is 6.92 Å². The molecular weight excluding hydrogens is 336 g/mol. The summed E-state index contributed by atoms with van der Waals surface area (Å²) in [6.07, 6.45) is 0.391. The quantitative estimate of drug-likeness (QED) is 0.784. The predicted molar refractivity (Wildman–Crippen MR) is 104 cm³/mol. The standard InChI is InChI=1S/C20H26N2O2.ClH/c1-16-7-4-5-9-18(16)15-24-19-10-6-8-17(13-19)14-20(23)22(3)12-11-21-2;/h4-10,13,21H,11-12,14-15H2,1-3H3;1H. The van der Waals surface area contributed by atoms with Crippen molar-refractivity contribution in [2.45, 2.75) is 20.0 Å². The lowest BCUT2D eigenvalue weighted by molar-refractivity contribution is -0.129. The largest absolute Gasteiger partial charge is 0.489 e. The summed E-state index contributed by atoms with van der Waals surface area (Å²) in [6, 6.07) is 16.0. The molecule has 0 aliphatic heterocycles. The average molecular weight is 363 g/mol. The minimum absolute atomic E-state index is 0. The molecule has 0 aliphatic carbocycles. The van der Waals surface area contributed by atoms with Crippen molar-refractivity contribution >= 4 is 18.3 Å². The summed E-state index contributed by atoms with van der Waals surface area (Å²) in [6.45, 7) is 4.11. The van der Waals surface area contributed by atoms with Gasteiger partial charge < -0.3 is 15.0 Å². The third kappa shape index (κ3) is 6.77. The molecule has 0 unspecified atom stereocenters. The molecule has 0 aliphatic rings. The van der Waals surface area contributed by atoms with Crippen molar-refractivity contribution in [3.8, 4) is 5.75 Å². The first-order valence-corrected chi connectivity index (χ1v) is 8.25. The molecule has 5 heteroatoms. The first-order valence-electron chi connectivity index (χ1n) is 8.25. The number of amides is 1.